The van der Waals surface area contributed by atoms with Crippen molar-refractivity contribution >= 4 is 11.4 Å². The molecule has 1 fully saturated rings. The molecule has 0 saturated carbocycles. The van der Waals surface area contributed by atoms with Crippen LogP contribution in [0, 0.1) is 17.0 Å². The third-order valence-electron chi connectivity index (χ3n) is 2.86. The Kier molecular flexibility index (Phi) is 2.58. The zero-order valence-corrected chi connectivity index (χ0v) is 8.77. The summed E-state index contributed by atoms with van der Waals surface area (Å²) < 4.78 is 0. The average molecular weight is 206 g/mol. The van der Waals surface area contributed by atoms with Gasteiger partial charge in [0.1, 0.15) is 0 Å². The van der Waals surface area contributed by atoms with Crippen molar-refractivity contribution in [3.8, 4) is 0 Å². The fourth-order valence-electron chi connectivity index (χ4n) is 1.97. The zero-order valence-electron chi connectivity index (χ0n) is 8.77. The normalized spacial score (nSPS) is 15.7. The molecule has 2 rings (SSSR count). The monoisotopic (exact) mass is 206 g/mol. The van der Waals surface area contributed by atoms with E-state index in [0.29, 0.717) is 0 Å². The van der Waals surface area contributed by atoms with E-state index in [0.717, 1.165) is 24.3 Å². The minimum absolute atomic E-state index is 0.222. The van der Waals surface area contributed by atoms with Crippen molar-refractivity contribution in [3.05, 3.63) is 33.9 Å². The van der Waals surface area contributed by atoms with Crippen LogP contribution in [0.25, 0.3) is 0 Å². The third kappa shape index (κ3) is 1.93. The van der Waals surface area contributed by atoms with Gasteiger partial charge in [-0.2, -0.15) is 0 Å². The average Bonchev–Trinajstić information content (AvgIpc) is 2.71. The first-order valence-corrected chi connectivity index (χ1v) is 5.18. The second-order valence-electron chi connectivity index (χ2n) is 3.92. The topological polar surface area (TPSA) is 46.4 Å². The van der Waals surface area contributed by atoms with Crippen LogP contribution in [0.4, 0.5) is 11.4 Å². The van der Waals surface area contributed by atoms with Crippen LogP contribution in [-0.2, 0) is 0 Å². The van der Waals surface area contributed by atoms with Crippen molar-refractivity contribution in [1.29, 1.82) is 0 Å². The van der Waals surface area contributed by atoms with Crippen molar-refractivity contribution in [2.45, 2.75) is 19.8 Å². The van der Waals surface area contributed by atoms with Gasteiger partial charge < -0.3 is 4.90 Å². The molecule has 1 saturated heterocycles. The van der Waals surface area contributed by atoms with Crippen molar-refractivity contribution < 1.29 is 4.92 Å². The van der Waals surface area contributed by atoms with E-state index in [2.05, 4.69) is 4.90 Å². The molecule has 0 bridgehead atoms. The highest BCUT2D eigenvalue weighted by molar-refractivity contribution is 5.56. The van der Waals surface area contributed by atoms with E-state index >= 15 is 0 Å². The molecule has 0 radical (unpaired) electrons. The molecule has 0 spiro atoms. The lowest BCUT2D eigenvalue weighted by atomic mass is 10.2. The Hall–Kier alpha value is -1.58. The number of hydrogen-bond donors (Lipinski definition) is 0. The highest BCUT2D eigenvalue weighted by atomic mass is 16.6. The van der Waals surface area contributed by atoms with E-state index < -0.39 is 0 Å². The molecule has 0 amide bonds. The molecule has 0 atom stereocenters. The lowest BCUT2D eigenvalue weighted by Crippen LogP contribution is -2.17. The molecule has 4 heteroatoms. The predicted octanol–water partition coefficient (Wildman–Crippen LogP) is 2.50. The lowest BCUT2D eigenvalue weighted by Gasteiger charge is -2.17. The van der Waals surface area contributed by atoms with Crippen LogP contribution in [0.15, 0.2) is 18.2 Å². The van der Waals surface area contributed by atoms with E-state index in [1.807, 2.05) is 12.1 Å². The number of aryl methyl sites for hydroxylation is 1. The second-order valence-corrected chi connectivity index (χ2v) is 3.92. The smallest absolute Gasteiger partial charge is 0.274 e. The van der Waals surface area contributed by atoms with Gasteiger partial charge in [0.05, 0.1) is 4.92 Å². The zero-order chi connectivity index (χ0) is 10.8. The van der Waals surface area contributed by atoms with Crippen LogP contribution < -0.4 is 4.90 Å². The second kappa shape index (κ2) is 3.88. The van der Waals surface area contributed by atoms with E-state index in [9.17, 15) is 10.1 Å². The first kappa shape index (κ1) is 9.96. The van der Waals surface area contributed by atoms with Gasteiger partial charge in [-0.25, -0.2) is 0 Å². The third-order valence-corrected chi connectivity index (χ3v) is 2.86. The van der Waals surface area contributed by atoms with Gasteiger partial charge in [-0.3, -0.25) is 10.1 Å². The number of nitrogens with zero attached hydrogens (tertiary/aromatic N) is 2. The van der Waals surface area contributed by atoms with Crippen LogP contribution in [0.2, 0.25) is 0 Å². The minimum Gasteiger partial charge on any atom is -0.371 e. The number of hydrogen-bond acceptors (Lipinski definition) is 3. The van der Waals surface area contributed by atoms with Gasteiger partial charge >= 0.3 is 0 Å². The van der Waals surface area contributed by atoms with Gasteiger partial charge in [0.15, 0.2) is 0 Å². The Balaban J connectivity index is 2.33. The van der Waals surface area contributed by atoms with E-state index in [1.54, 1.807) is 13.0 Å². The molecule has 80 valence electrons. The summed E-state index contributed by atoms with van der Waals surface area (Å²) in [4.78, 5) is 12.7. The quantitative estimate of drug-likeness (QED) is 0.551. The molecule has 1 heterocycles. The standard InChI is InChI=1S/C11H14N2O2/c1-9-4-5-10(8-11(9)13(14)15)12-6-2-3-7-12/h4-5,8H,2-3,6-7H2,1H3. The molecular weight excluding hydrogens is 192 g/mol. The molecule has 0 unspecified atom stereocenters. The number of nitro benzene ring substituents is 1. The molecule has 1 aliphatic rings. The summed E-state index contributed by atoms with van der Waals surface area (Å²) in [6.45, 7) is 3.80. The van der Waals surface area contributed by atoms with Crippen LogP contribution >= 0.6 is 0 Å². The summed E-state index contributed by atoms with van der Waals surface area (Å²) in [7, 11) is 0. The molecule has 0 N–H and O–H groups in total. The first-order valence-electron chi connectivity index (χ1n) is 5.18. The number of rotatable bonds is 2. The summed E-state index contributed by atoms with van der Waals surface area (Å²) in [5.74, 6) is 0. The van der Waals surface area contributed by atoms with Crippen molar-refractivity contribution in [2.75, 3.05) is 18.0 Å². The van der Waals surface area contributed by atoms with Gasteiger partial charge in [0.25, 0.3) is 5.69 Å². The maximum Gasteiger partial charge on any atom is 0.274 e. The Bertz CT molecular complexity index is 384. The molecule has 1 aliphatic heterocycles. The van der Waals surface area contributed by atoms with Crippen molar-refractivity contribution in [1.82, 2.24) is 0 Å². The summed E-state index contributed by atoms with van der Waals surface area (Å²) >= 11 is 0. The Morgan fingerprint density at radius 2 is 2.00 bits per heavy atom. The fraction of sp³-hybridized carbons (Fsp3) is 0.455. The number of anilines is 1. The highest BCUT2D eigenvalue weighted by Gasteiger charge is 2.16. The van der Waals surface area contributed by atoms with Crippen molar-refractivity contribution in [3.63, 3.8) is 0 Å². The lowest BCUT2D eigenvalue weighted by molar-refractivity contribution is -0.385. The number of nitro groups is 1. The van der Waals surface area contributed by atoms with Crippen molar-refractivity contribution in [2.24, 2.45) is 0 Å². The Morgan fingerprint density at radius 1 is 1.33 bits per heavy atom. The van der Waals surface area contributed by atoms with E-state index in [1.165, 1.54) is 12.8 Å². The van der Waals surface area contributed by atoms with Crippen LogP contribution in [0.3, 0.4) is 0 Å². The SMILES string of the molecule is Cc1ccc(N2CCCC2)cc1[N+](=O)[O-]. The van der Waals surface area contributed by atoms with Gasteiger partial charge in [-0.15, -0.1) is 0 Å². The molecule has 0 aliphatic carbocycles. The molecule has 4 nitrogen and oxygen atoms in total. The first-order chi connectivity index (χ1) is 7.18. The summed E-state index contributed by atoms with van der Waals surface area (Å²) in [5, 5.41) is 10.8. The predicted molar refractivity (Wildman–Crippen MR) is 59.3 cm³/mol. The van der Waals surface area contributed by atoms with Crippen LogP contribution in [0.5, 0.6) is 0 Å². The molecular formula is C11H14N2O2. The molecule has 15 heavy (non-hydrogen) atoms. The maximum atomic E-state index is 10.8. The fourth-order valence-corrected chi connectivity index (χ4v) is 1.97. The van der Waals surface area contributed by atoms with E-state index in [-0.39, 0.29) is 10.6 Å². The van der Waals surface area contributed by atoms with Gasteiger partial charge in [-0.1, -0.05) is 6.07 Å². The van der Waals surface area contributed by atoms with Gasteiger partial charge in [-0.05, 0) is 25.8 Å². The summed E-state index contributed by atoms with van der Waals surface area (Å²) in [5.41, 5.74) is 1.92. The highest BCUT2D eigenvalue weighted by Crippen LogP contribution is 2.27. The largest absolute Gasteiger partial charge is 0.371 e. The Labute approximate surface area is 88.7 Å². The van der Waals surface area contributed by atoms with Gasteiger partial charge in [0.2, 0.25) is 0 Å². The maximum absolute atomic E-state index is 10.8. The molecule has 0 aromatic heterocycles. The van der Waals surface area contributed by atoms with Gasteiger partial charge in [0, 0.05) is 30.4 Å². The van der Waals surface area contributed by atoms with Crippen LogP contribution in [-0.4, -0.2) is 18.0 Å². The molecule has 1 aromatic carbocycles. The van der Waals surface area contributed by atoms with E-state index in [4.69, 9.17) is 0 Å². The minimum atomic E-state index is -0.311. The Morgan fingerprint density at radius 3 is 2.60 bits per heavy atom. The summed E-state index contributed by atoms with van der Waals surface area (Å²) in [6.07, 6.45) is 2.36. The van der Waals surface area contributed by atoms with Crippen LogP contribution in [0.1, 0.15) is 18.4 Å². The molecule has 1 aromatic rings. The number of benzene rings is 1. The summed E-state index contributed by atoms with van der Waals surface area (Å²) in [6, 6.07) is 5.47.